The van der Waals surface area contributed by atoms with E-state index in [2.05, 4.69) is 0 Å². The van der Waals surface area contributed by atoms with Gasteiger partial charge in [0.05, 0.1) is 11.5 Å². The number of aliphatic hydroxyl groups is 3. The van der Waals surface area contributed by atoms with E-state index in [9.17, 15) is 44.1 Å². The van der Waals surface area contributed by atoms with Gasteiger partial charge in [-0.2, -0.15) is 0 Å². The predicted molar refractivity (Wildman–Crippen MR) is 201 cm³/mol. The lowest BCUT2D eigenvalue weighted by atomic mass is 9.42. The van der Waals surface area contributed by atoms with E-state index in [0.29, 0.717) is 12.8 Å². The predicted octanol–water partition coefficient (Wildman–Crippen LogP) is 3.09. The molecule has 3 N–H and O–H groups in total. The first-order valence-corrected chi connectivity index (χ1v) is 20.1. The van der Waals surface area contributed by atoms with E-state index in [1.807, 2.05) is 26.8 Å². The number of fused-ring (bicyclic) bond motifs is 5. The highest BCUT2D eigenvalue weighted by Gasteiger charge is 2.81. The summed E-state index contributed by atoms with van der Waals surface area (Å²) >= 11 is 0. The van der Waals surface area contributed by atoms with Gasteiger partial charge < -0.3 is 48.5 Å². The first-order valence-electron chi connectivity index (χ1n) is 20.1. The standard InChI is InChI=1S/C42H60O16/c1-21(2)22(3)17-33(48)58-32-19-31-38(9)13-12-29(18-28(38)11-14-41(31,50)42(51)16-15-40(49,23(4)43)39(32,42)10)56-37-36(55-27(8)47)35(54-26(7)46)34(53-25(6)45)30(57-37)20-52-24(5)44/h11,17,21,29-32,34-37,49-51H,12-16,18-20H2,1-10H3/b22-17+/t29-,30+,31+,32+,34-,35-,36+,37+,38-,39+,40+,41-,42+/m0/s1. The smallest absolute Gasteiger partial charge is 0.330 e. The number of hydrogen-bond acceptors (Lipinski definition) is 16. The van der Waals surface area contributed by atoms with Crippen molar-refractivity contribution in [1.29, 1.82) is 0 Å². The van der Waals surface area contributed by atoms with Crippen LogP contribution in [0.1, 0.15) is 114 Å². The topological polar surface area (TPSA) is 228 Å². The number of Topliss-reactive ketones (excluding diaryl/α,β-unsaturated/α-hetero) is 1. The van der Waals surface area contributed by atoms with Crippen LogP contribution in [0.5, 0.6) is 0 Å². The molecule has 16 heteroatoms. The second-order valence-corrected chi connectivity index (χ2v) is 17.6. The van der Waals surface area contributed by atoms with E-state index < -0.39 is 119 Å². The number of ketones is 1. The van der Waals surface area contributed by atoms with E-state index in [4.69, 9.17) is 33.2 Å². The molecule has 0 aromatic heterocycles. The molecule has 0 amide bonds. The zero-order valence-corrected chi connectivity index (χ0v) is 35.2. The Bertz CT molecular complexity index is 1740. The third kappa shape index (κ3) is 7.75. The molecule has 4 fully saturated rings. The Morgan fingerprint density at radius 2 is 1.43 bits per heavy atom. The molecule has 13 atom stereocenters. The van der Waals surface area contributed by atoms with E-state index in [-0.39, 0.29) is 38.0 Å². The first-order chi connectivity index (χ1) is 26.8. The van der Waals surface area contributed by atoms with Crippen molar-refractivity contribution in [1.82, 2.24) is 0 Å². The molecular weight excluding hydrogens is 760 g/mol. The number of carbonyl (C=O) groups is 6. The summed E-state index contributed by atoms with van der Waals surface area (Å²) in [4.78, 5) is 75.4. The van der Waals surface area contributed by atoms with Crippen molar-refractivity contribution in [3.63, 3.8) is 0 Å². The van der Waals surface area contributed by atoms with Crippen LogP contribution >= 0.6 is 0 Å². The number of allylic oxidation sites excluding steroid dienone is 1. The van der Waals surface area contributed by atoms with Crippen LogP contribution in [0.15, 0.2) is 23.3 Å². The van der Waals surface area contributed by atoms with E-state index in [1.54, 1.807) is 6.92 Å². The summed E-state index contributed by atoms with van der Waals surface area (Å²) < 4.78 is 40.7. The highest BCUT2D eigenvalue weighted by atomic mass is 16.7. The molecule has 0 spiro atoms. The molecule has 1 saturated heterocycles. The molecule has 58 heavy (non-hydrogen) atoms. The average Bonchev–Trinajstić information content (AvgIpc) is 3.34. The Hall–Kier alpha value is -3.70. The third-order valence-electron chi connectivity index (χ3n) is 13.9. The normalized spacial score (nSPS) is 40.9. The summed E-state index contributed by atoms with van der Waals surface area (Å²) in [6.45, 7) is 14.6. The van der Waals surface area contributed by atoms with Crippen molar-refractivity contribution < 1.29 is 77.2 Å². The fourth-order valence-electron chi connectivity index (χ4n) is 10.5. The maximum Gasteiger partial charge on any atom is 0.330 e. The van der Waals surface area contributed by atoms with Gasteiger partial charge in [0.1, 0.15) is 35.6 Å². The zero-order chi connectivity index (χ0) is 43.3. The second-order valence-electron chi connectivity index (χ2n) is 17.6. The molecule has 324 valence electrons. The largest absolute Gasteiger partial charge is 0.463 e. The summed E-state index contributed by atoms with van der Waals surface area (Å²) in [7, 11) is 0. The number of ether oxygens (including phenoxy) is 7. The minimum Gasteiger partial charge on any atom is -0.463 e. The lowest BCUT2D eigenvalue weighted by molar-refractivity contribution is -0.323. The monoisotopic (exact) mass is 820 g/mol. The SMILES string of the molecule is CC(=O)OC[C@H]1O[C@@H](O[C@H]2CC[C@@]3(C)C(=CC[C@]4(O)[C@@H]3C[C@@H](OC(=O)/C=C(\C)C(C)C)[C@@]3(C)[C@]4(O)CC[C@@]3(O)C(C)=O)C2)[C@H](OC(C)=O)[C@@H](OC(C)=O)[C@H]1OC(C)=O. The molecular formula is C42H60O16. The number of carbonyl (C=O) groups excluding carboxylic acids is 6. The zero-order valence-electron chi connectivity index (χ0n) is 35.2. The maximum absolute atomic E-state index is 13.5. The van der Waals surface area contributed by atoms with Crippen LogP contribution in [-0.2, 0) is 61.9 Å². The van der Waals surface area contributed by atoms with Gasteiger partial charge in [-0.05, 0) is 77.0 Å². The van der Waals surface area contributed by atoms with Gasteiger partial charge in [-0.1, -0.05) is 38.0 Å². The summed E-state index contributed by atoms with van der Waals surface area (Å²) in [5.41, 5.74) is -6.89. The van der Waals surface area contributed by atoms with Crippen molar-refractivity contribution in [3.05, 3.63) is 23.3 Å². The summed E-state index contributed by atoms with van der Waals surface area (Å²) in [6.07, 6.45) is -4.52. The van der Waals surface area contributed by atoms with Crippen LogP contribution in [-0.4, -0.2) is 117 Å². The minimum atomic E-state index is -2.09. The molecule has 1 heterocycles. The molecule has 0 bridgehead atoms. The molecule has 0 aromatic carbocycles. The van der Waals surface area contributed by atoms with Gasteiger partial charge in [0.2, 0.25) is 0 Å². The van der Waals surface area contributed by atoms with Crippen molar-refractivity contribution in [2.24, 2.45) is 22.7 Å². The number of rotatable bonds is 11. The fourth-order valence-corrected chi connectivity index (χ4v) is 10.5. The maximum atomic E-state index is 13.5. The third-order valence-corrected chi connectivity index (χ3v) is 13.9. The summed E-state index contributed by atoms with van der Waals surface area (Å²) in [5.74, 6) is -4.88. The van der Waals surface area contributed by atoms with Crippen molar-refractivity contribution in [2.75, 3.05) is 6.61 Å². The molecule has 5 rings (SSSR count). The highest BCUT2D eigenvalue weighted by molar-refractivity contribution is 5.87. The first kappa shape index (κ1) is 45.4. The van der Waals surface area contributed by atoms with Crippen LogP contribution in [0.4, 0.5) is 0 Å². The van der Waals surface area contributed by atoms with E-state index in [0.717, 1.165) is 31.9 Å². The second kappa shape index (κ2) is 16.4. The minimum absolute atomic E-state index is 0.0320. The molecule has 3 saturated carbocycles. The molecule has 5 aliphatic rings. The van der Waals surface area contributed by atoms with Crippen molar-refractivity contribution >= 4 is 35.6 Å². The Morgan fingerprint density at radius 3 is 2.00 bits per heavy atom. The van der Waals surface area contributed by atoms with Crippen LogP contribution in [0.3, 0.4) is 0 Å². The lowest BCUT2D eigenvalue weighted by Crippen LogP contribution is -2.78. The van der Waals surface area contributed by atoms with Crippen LogP contribution in [0.2, 0.25) is 0 Å². The van der Waals surface area contributed by atoms with Crippen LogP contribution < -0.4 is 0 Å². The lowest BCUT2D eigenvalue weighted by Gasteiger charge is -2.67. The van der Waals surface area contributed by atoms with Crippen molar-refractivity contribution in [3.8, 4) is 0 Å². The number of hydrogen-bond donors (Lipinski definition) is 3. The van der Waals surface area contributed by atoms with E-state index >= 15 is 0 Å². The van der Waals surface area contributed by atoms with Gasteiger partial charge in [-0.15, -0.1) is 0 Å². The van der Waals surface area contributed by atoms with Gasteiger partial charge in [-0.25, -0.2) is 4.79 Å². The quantitative estimate of drug-likeness (QED) is 0.118. The summed E-state index contributed by atoms with van der Waals surface area (Å²) in [6, 6.07) is 0. The molecule has 0 aromatic rings. The Balaban J connectivity index is 1.49. The van der Waals surface area contributed by atoms with Gasteiger partial charge in [0.15, 0.2) is 30.4 Å². The molecule has 0 unspecified atom stereocenters. The van der Waals surface area contributed by atoms with Gasteiger partial charge in [0, 0.05) is 39.7 Å². The van der Waals surface area contributed by atoms with E-state index in [1.165, 1.54) is 26.8 Å². The number of esters is 5. The Labute approximate surface area is 338 Å². The molecule has 1 aliphatic heterocycles. The van der Waals surface area contributed by atoms with Crippen molar-refractivity contribution in [2.45, 2.75) is 174 Å². The molecule has 0 radical (unpaired) electrons. The van der Waals surface area contributed by atoms with Crippen LogP contribution in [0.25, 0.3) is 0 Å². The van der Waals surface area contributed by atoms with Gasteiger partial charge >= 0.3 is 29.8 Å². The summed E-state index contributed by atoms with van der Waals surface area (Å²) in [5, 5.41) is 37.7. The molecule has 16 nitrogen and oxygen atoms in total. The molecule has 4 aliphatic carbocycles. The van der Waals surface area contributed by atoms with Gasteiger partial charge in [0.25, 0.3) is 0 Å². The average molecular weight is 821 g/mol. The van der Waals surface area contributed by atoms with Gasteiger partial charge in [-0.3, -0.25) is 24.0 Å². The fraction of sp³-hybridized carbons (Fsp3) is 0.762. The Kier molecular flexibility index (Phi) is 12.8. The highest BCUT2D eigenvalue weighted by Crippen LogP contribution is 2.71. The Morgan fingerprint density at radius 1 is 0.828 bits per heavy atom. The van der Waals surface area contributed by atoms with Crippen LogP contribution in [0, 0.1) is 22.7 Å².